The Labute approximate surface area is 115 Å². The number of aromatic nitrogens is 2. The standard InChI is InChI=1S/C13H11ClN4O/c14-10-4-1-3-9(7-10)12-11(13(16)19)8-18(17-12)6-2-5-15/h1,3-4,7-8H,2,6H2,(H2,16,19). The molecule has 2 N–H and O–H groups in total. The van der Waals surface area contributed by atoms with E-state index in [1.165, 1.54) is 0 Å². The fourth-order valence-corrected chi connectivity index (χ4v) is 1.92. The predicted molar refractivity (Wildman–Crippen MR) is 71.4 cm³/mol. The Bertz CT molecular complexity index is 657. The van der Waals surface area contributed by atoms with E-state index in [1.807, 2.05) is 6.07 Å². The highest BCUT2D eigenvalue weighted by Crippen LogP contribution is 2.24. The first-order chi connectivity index (χ1) is 9.11. The van der Waals surface area contributed by atoms with Gasteiger partial charge in [0.15, 0.2) is 0 Å². The molecule has 0 atom stereocenters. The van der Waals surface area contributed by atoms with Crippen molar-refractivity contribution in [1.82, 2.24) is 9.78 Å². The van der Waals surface area contributed by atoms with Crippen LogP contribution in [0.15, 0.2) is 30.5 Å². The number of nitriles is 1. The van der Waals surface area contributed by atoms with Crippen LogP contribution in [0.4, 0.5) is 0 Å². The van der Waals surface area contributed by atoms with Crippen molar-refractivity contribution in [2.75, 3.05) is 0 Å². The van der Waals surface area contributed by atoms with Crippen LogP contribution >= 0.6 is 11.6 Å². The van der Waals surface area contributed by atoms with E-state index < -0.39 is 5.91 Å². The first kappa shape index (κ1) is 13.1. The van der Waals surface area contributed by atoms with Gasteiger partial charge in [0.25, 0.3) is 5.91 Å². The van der Waals surface area contributed by atoms with E-state index in [2.05, 4.69) is 5.10 Å². The lowest BCUT2D eigenvalue weighted by Gasteiger charge is -2.00. The minimum Gasteiger partial charge on any atom is -0.365 e. The van der Waals surface area contributed by atoms with Crippen LogP contribution in [0.25, 0.3) is 11.3 Å². The lowest BCUT2D eigenvalue weighted by atomic mass is 10.1. The number of amides is 1. The topological polar surface area (TPSA) is 84.7 Å². The fraction of sp³-hybridized carbons (Fsp3) is 0.154. The van der Waals surface area contributed by atoms with Crippen molar-refractivity contribution in [3.05, 3.63) is 41.0 Å². The average Bonchev–Trinajstić information content (AvgIpc) is 2.80. The van der Waals surface area contributed by atoms with Crippen molar-refractivity contribution >= 4 is 17.5 Å². The molecule has 1 aromatic heterocycles. The molecule has 0 unspecified atom stereocenters. The van der Waals surface area contributed by atoms with Gasteiger partial charge < -0.3 is 5.73 Å². The second kappa shape index (κ2) is 5.55. The highest BCUT2D eigenvalue weighted by Gasteiger charge is 2.15. The number of rotatable bonds is 4. The average molecular weight is 275 g/mol. The largest absolute Gasteiger partial charge is 0.365 e. The summed E-state index contributed by atoms with van der Waals surface area (Å²) in [4.78, 5) is 11.4. The smallest absolute Gasteiger partial charge is 0.252 e. The Kier molecular flexibility index (Phi) is 3.83. The van der Waals surface area contributed by atoms with Gasteiger partial charge in [-0.25, -0.2) is 0 Å². The SMILES string of the molecule is N#CCCn1cc(C(N)=O)c(-c2cccc(Cl)c2)n1. The lowest BCUT2D eigenvalue weighted by Crippen LogP contribution is -2.11. The maximum absolute atomic E-state index is 11.4. The molecule has 96 valence electrons. The Balaban J connectivity index is 2.46. The molecule has 1 aromatic carbocycles. The molecule has 19 heavy (non-hydrogen) atoms. The van der Waals surface area contributed by atoms with Crippen LogP contribution in [0, 0.1) is 11.3 Å². The summed E-state index contributed by atoms with van der Waals surface area (Å²) in [6.45, 7) is 0.414. The number of primary amides is 1. The predicted octanol–water partition coefficient (Wildman–Crippen LogP) is 2.22. The number of carbonyl (C=O) groups is 1. The van der Waals surface area contributed by atoms with E-state index in [0.717, 1.165) is 5.56 Å². The minimum atomic E-state index is -0.557. The molecule has 1 heterocycles. The van der Waals surface area contributed by atoms with Gasteiger partial charge in [0.05, 0.1) is 24.6 Å². The van der Waals surface area contributed by atoms with Gasteiger partial charge in [-0.05, 0) is 12.1 Å². The molecule has 0 aliphatic carbocycles. The number of aryl methyl sites for hydroxylation is 1. The van der Waals surface area contributed by atoms with E-state index in [-0.39, 0.29) is 0 Å². The molecule has 0 radical (unpaired) electrons. The Morgan fingerprint density at radius 1 is 1.53 bits per heavy atom. The maximum atomic E-state index is 11.4. The minimum absolute atomic E-state index is 0.314. The molecule has 0 saturated heterocycles. The van der Waals surface area contributed by atoms with Crippen molar-refractivity contribution < 1.29 is 4.79 Å². The number of nitrogens with zero attached hydrogens (tertiary/aromatic N) is 3. The summed E-state index contributed by atoms with van der Waals surface area (Å²) in [7, 11) is 0. The van der Waals surface area contributed by atoms with Crippen LogP contribution in [0.2, 0.25) is 5.02 Å². The van der Waals surface area contributed by atoms with Gasteiger partial charge in [-0.3, -0.25) is 9.48 Å². The molecule has 5 nitrogen and oxygen atoms in total. The van der Waals surface area contributed by atoms with Crippen molar-refractivity contribution in [1.29, 1.82) is 5.26 Å². The zero-order chi connectivity index (χ0) is 13.8. The van der Waals surface area contributed by atoms with Gasteiger partial charge in [-0.15, -0.1) is 0 Å². The normalized spacial score (nSPS) is 10.1. The summed E-state index contributed by atoms with van der Waals surface area (Å²) in [5.74, 6) is -0.557. The van der Waals surface area contributed by atoms with Gasteiger partial charge in [-0.2, -0.15) is 10.4 Å². The molecule has 0 aliphatic heterocycles. The molecule has 6 heteroatoms. The van der Waals surface area contributed by atoms with Gasteiger partial charge in [-0.1, -0.05) is 23.7 Å². The number of hydrogen-bond donors (Lipinski definition) is 1. The summed E-state index contributed by atoms with van der Waals surface area (Å²) < 4.78 is 1.54. The van der Waals surface area contributed by atoms with E-state index in [4.69, 9.17) is 22.6 Å². The molecule has 0 bridgehead atoms. The lowest BCUT2D eigenvalue weighted by molar-refractivity contribution is 0.100. The van der Waals surface area contributed by atoms with E-state index in [0.29, 0.717) is 29.2 Å². The molecule has 2 aromatic rings. The summed E-state index contributed by atoms with van der Waals surface area (Å²) in [5.41, 5.74) is 6.86. The summed E-state index contributed by atoms with van der Waals surface area (Å²) >= 11 is 5.92. The number of hydrogen-bond acceptors (Lipinski definition) is 3. The van der Waals surface area contributed by atoms with Gasteiger partial charge in [0.2, 0.25) is 0 Å². The van der Waals surface area contributed by atoms with Gasteiger partial charge in [0.1, 0.15) is 5.69 Å². The third-order valence-electron chi connectivity index (χ3n) is 2.58. The number of halogens is 1. The summed E-state index contributed by atoms with van der Waals surface area (Å²) in [6, 6.07) is 9.05. The monoisotopic (exact) mass is 274 g/mol. The van der Waals surface area contributed by atoms with Crippen LogP contribution in [0.1, 0.15) is 16.8 Å². The Hall–Kier alpha value is -2.32. The van der Waals surface area contributed by atoms with Crippen molar-refractivity contribution in [3.8, 4) is 17.3 Å². The first-order valence-corrected chi connectivity index (χ1v) is 5.99. The Morgan fingerprint density at radius 3 is 2.95 bits per heavy atom. The number of carbonyl (C=O) groups excluding carboxylic acids is 1. The van der Waals surface area contributed by atoms with Gasteiger partial charge in [0, 0.05) is 16.8 Å². The number of nitrogens with two attached hydrogens (primary N) is 1. The third-order valence-corrected chi connectivity index (χ3v) is 2.81. The van der Waals surface area contributed by atoms with Crippen molar-refractivity contribution in [3.63, 3.8) is 0 Å². The number of benzene rings is 1. The molecular weight excluding hydrogens is 264 g/mol. The van der Waals surface area contributed by atoms with Crippen molar-refractivity contribution in [2.24, 2.45) is 5.73 Å². The van der Waals surface area contributed by atoms with E-state index in [9.17, 15) is 4.79 Å². The highest BCUT2D eigenvalue weighted by atomic mass is 35.5. The van der Waals surface area contributed by atoms with Crippen LogP contribution in [-0.4, -0.2) is 15.7 Å². The zero-order valence-corrected chi connectivity index (χ0v) is 10.8. The van der Waals surface area contributed by atoms with E-state index in [1.54, 1.807) is 35.1 Å². The van der Waals surface area contributed by atoms with Crippen LogP contribution in [0.3, 0.4) is 0 Å². The quantitative estimate of drug-likeness (QED) is 0.927. The molecule has 0 fully saturated rings. The zero-order valence-electron chi connectivity index (χ0n) is 10.0. The second-order valence-corrected chi connectivity index (χ2v) is 4.37. The van der Waals surface area contributed by atoms with Gasteiger partial charge >= 0.3 is 0 Å². The summed E-state index contributed by atoms with van der Waals surface area (Å²) in [6.07, 6.45) is 1.87. The van der Waals surface area contributed by atoms with Crippen LogP contribution in [0.5, 0.6) is 0 Å². The first-order valence-electron chi connectivity index (χ1n) is 5.62. The fourth-order valence-electron chi connectivity index (χ4n) is 1.73. The summed E-state index contributed by atoms with van der Waals surface area (Å²) in [5, 5.41) is 13.4. The molecular formula is C13H11ClN4O. The molecule has 1 amide bonds. The third kappa shape index (κ3) is 2.92. The second-order valence-electron chi connectivity index (χ2n) is 3.94. The van der Waals surface area contributed by atoms with Crippen molar-refractivity contribution in [2.45, 2.75) is 13.0 Å². The molecule has 0 aliphatic rings. The van der Waals surface area contributed by atoms with Crippen LogP contribution < -0.4 is 5.73 Å². The molecule has 0 spiro atoms. The molecule has 2 rings (SSSR count). The highest BCUT2D eigenvalue weighted by molar-refractivity contribution is 6.30. The Morgan fingerprint density at radius 2 is 2.32 bits per heavy atom. The molecule has 0 saturated carbocycles. The maximum Gasteiger partial charge on any atom is 0.252 e. The van der Waals surface area contributed by atoms with E-state index >= 15 is 0 Å². The van der Waals surface area contributed by atoms with Crippen LogP contribution in [-0.2, 0) is 6.54 Å².